The molecule has 9 atom stereocenters. The fraction of sp³-hybridized carbons (Fsp3) is 0.600. The van der Waals surface area contributed by atoms with Crippen molar-refractivity contribution in [3.8, 4) is 0 Å². The third-order valence-electron chi connectivity index (χ3n) is 33.1. The van der Waals surface area contributed by atoms with E-state index in [1.54, 1.807) is 20.8 Å². The number of aryl methyl sites for hydroxylation is 3. The van der Waals surface area contributed by atoms with E-state index in [1.807, 2.05) is 47.4 Å². The van der Waals surface area contributed by atoms with Gasteiger partial charge in [-0.25, -0.2) is 26.3 Å². The molecule has 6 saturated heterocycles. The Morgan fingerprint density at radius 3 is 0.953 bits per heavy atom. The van der Waals surface area contributed by atoms with Crippen LogP contribution in [0, 0.1) is 73.4 Å². The first-order valence-electron chi connectivity index (χ1n) is 46.4. The zero-order valence-corrected chi connectivity index (χ0v) is 82.8. The SMILES string of the molecule is CC(=O)N(C)C(C)(C)[C@H]1CC2(CCN(C(=O)[C@@H]3CN(C(C)(C)C)C[C@H]3c3ccc(F)cc3F)CC2)c2cc(Cl)c(C)cc21.CC(=O)NC(C)(C)[C@@]1(C)CC2(CCN(C(=O)[C@@H]3CN(C(C)(C)C)C[C@H]3c3ccc(F)cc3F)CC2)c2cc(C)c(Cl)cc21.CC(=O)NC(C)(C)[C@]1(C)CC2(CCN(C(=O)[C@@H]3CN(C(C)(C)C)C[C@H]3c3ccc(F)cc3F)CC2)c2cc(C)c(Cl)cc21. The van der Waals surface area contributed by atoms with Crippen LogP contribution in [0.25, 0.3) is 0 Å². The summed E-state index contributed by atoms with van der Waals surface area (Å²) in [6, 6.07) is 24.1. The number of likely N-dealkylation sites (N-methyl/N-ethyl adjacent to an activating group) is 1. The van der Waals surface area contributed by atoms with Gasteiger partial charge in [0.2, 0.25) is 35.4 Å². The first kappa shape index (κ1) is 99.0. The van der Waals surface area contributed by atoms with Crippen molar-refractivity contribution in [2.24, 2.45) is 17.8 Å². The summed E-state index contributed by atoms with van der Waals surface area (Å²) >= 11 is 20.0. The molecule has 129 heavy (non-hydrogen) atoms. The highest BCUT2D eigenvalue weighted by Gasteiger charge is 2.61. The van der Waals surface area contributed by atoms with Gasteiger partial charge in [0.15, 0.2) is 0 Å². The summed E-state index contributed by atoms with van der Waals surface area (Å²) in [7, 11) is 1.87. The Balaban J connectivity index is 0.000000165. The second-order valence-corrected chi connectivity index (χ2v) is 46.0. The number of hydrogen-bond donors (Lipinski definition) is 2. The molecule has 702 valence electrons. The van der Waals surface area contributed by atoms with Crippen molar-refractivity contribution < 1.29 is 55.1 Å². The molecule has 6 fully saturated rings. The Morgan fingerprint density at radius 2 is 0.674 bits per heavy atom. The fourth-order valence-electron chi connectivity index (χ4n) is 24.2. The van der Waals surface area contributed by atoms with Crippen LogP contribution in [-0.2, 0) is 55.8 Å². The number of nitrogens with zero attached hydrogens (tertiary/aromatic N) is 7. The van der Waals surface area contributed by atoms with Gasteiger partial charge in [0.25, 0.3) is 0 Å². The van der Waals surface area contributed by atoms with Crippen molar-refractivity contribution >= 4 is 70.2 Å². The topological polar surface area (TPSA) is 149 Å². The zero-order valence-electron chi connectivity index (χ0n) is 80.5. The molecule has 24 heteroatoms. The standard InChI is InChI=1S/3C35H46ClF2N3O2/c2*1-21-15-28-27(17-29(21)36)34(8,33(6,7)39-22(2)42)20-35(28)11-13-40(14-12-35)31(43)26-19-41(32(3,4)5)18-25(26)24-10-9-23(37)16-30(24)38;1-21-15-25-28(17-30(21)36)35(18-29(25)34(6,7)39(8)22(2)42)11-13-40(14-12-35)32(43)27-20-41(33(3,4)5)19-26(27)24-10-9-23(37)16-31(24)38/h2*9-10,15-17,25-26H,11-14,18-20H2,1-8H3,(H,39,42);9-10,15-17,26-27,29H,11-14,18-20H2,1-8H3/t25-,26+,34+;25-,26+,34-;26-,27+,29-/m000/s1. The van der Waals surface area contributed by atoms with Crippen LogP contribution in [0.5, 0.6) is 0 Å². The monoisotopic (exact) mass is 1840 g/mol. The minimum Gasteiger partial charge on any atom is -0.351 e. The molecule has 6 aliphatic heterocycles. The molecule has 9 aliphatic rings. The summed E-state index contributed by atoms with van der Waals surface area (Å²) in [6.45, 7) is 53.6. The summed E-state index contributed by atoms with van der Waals surface area (Å²) in [5.74, 6) is -5.70. The maximum Gasteiger partial charge on any atom is 0.227 e. The maximum absolute atomic E-state index is 15.0. The summed E-state index contributed by atoms with van der Waals surface area (Å²) in [4.78, 5) is 94.0. The Hall–Kier alpha value is -7.53. The van der Waals surface area contributed by atoms with Gasteiger partial charge in [0.05, 0.1) is 17.8 Å². The van der Waals surface area contributed by atoms with E-state index in [4.69, 9.17) is 34.8 Å². The first-order valence-corrected chi connectivity index (χ1v) is 47.6. The minimum absolute atomic E-state index is 0.0339. The molecule has 6 amide bonds. The van der Waals surface area contributed by atoms with Crippen LogP contribution in [0.15, 0.2) is 91.0 Å². The summed E-state index contributed by atoms with van der Waals surface area (Å²) in [5.41, 5.74) is 8.54. The van der Waals surface area contributed by atoms with Gasteiger partial charge in [-0.05, 0) is 302 Å². The normalized spacial score (nSPS) is 25.1. The van der Waals surface area contributed by atoms with Gasteiger partial charge in [0.1, 0.15) is 34.9 Å². The molecule has 0 unspecified atom stereocenters. The minimum atomic E-state index is -0.613. The Morgan fingerprint density at radius 1 is 0.388 bits per heavy atom. The molecule has 0 aromatic heterocycles. The van der Waals surface area contributed by atoms with E-state index in [2.05, 4.69) is 179 Å². The van der Waals surface area contributed by atoms with Crippen molar-refractivity contribution in [3.63, 3.8) is 0 Å². The van der Waals surface area contributed by atoms with Gasteiger partial charge in [-0.15, -0.1) is 0 Å². The first-order chi connectivity index (χ1) is 59.7. The lowest BCUT2D eigenvalue weighted by atomic mass is 9.65. The summed E-state index contributed by atoms with van der Waals surface area (Å²) in [6.07, 6.45) is 7.35. The van der Waals surface area contributed by atoms with Crippen LogP contribution in [0.4, 0.5) is 26.3 Å². The molecule has 3 spiro atoms. The number of halogens is 9. The van der Waals surface area contributed by atoms with E-state index < -0.39 is 69.3 Å². The maximum atomic E-state index is 15.0. The third kappa shape index (κ3) is 18.7. The zero-order chi connectivity index (χ0) is 95.0. The lowest BCUT2D eigenvalue weighted by Gasteiger charge is -2.46. The van der Waals surface area contributed by atoms with Crippen LogP contribution in [0.1, 0.15) is 287 Å². The molecule has 3 aliphatic carbocycles. The number of hydrogen-bond acceptors (Lipinski definition) is 9. The number of amides is 6. The van der Waals surface area contributed by atoms with E-state index >= 15 is 13.2 Å². The average Bonchev–Trinajstić information content (AvgIpc) is 1.56. The van der Waals surface area contributed by atoms with Crippen LogP contribution in [-0.4, -0.2) is 189 Å². The third-order valence-corrected chi connectivity index (χ3v) is 34.3. The second-order valence-electron chi connectivity index (χ2n) is 44.8. The van der Waals surface area contributed by atoms with Gasteiger partial charge in [-0.2, -0.15) is 0 Å². The van der Waals surface area contributed by atoms with E-state index in [9.17, 15) is 41.9 Å². The number of nitrogens with one attached hydrogen (secondary N) is 2. The van der Waals surface area contributed by atoms with Gasteiger partial charge in [-0.1, -0.05) is 85.0 Å². The Kier molecular flexibility index (Phi) is 27.4. The number of rotatable bonds is 12. The number of carbonyl (C=O) groups excluding carboxylic acids is 6. The summed E-state index contributed by atoms with van der Waals surface area (Å²) < 4.78 is 86.4. The van der Waals surface area contributed by atoms with Gasteiger partial charge in [0, 0.05) is 207 Å². The quantitative estimate of drug-likeness (QED) is 0.114. The molecular formula is C105H138Cl3F6N9O6. The van der Waals surface area contributed by atoms with Gasteiger partial charge in [-0.3, -0.25) is 43.5 Å². The molecule has 2 N–H and O–H groups in total. The predicted octanol–water partition coefficient (Wildman–Crippen LogP) is 20.8. The van der Waals surface area contributed by atoms with Crippen molar-refractivity contribution in [2.75, 3.05) is 85.6 Å². The molecule has 6 aromatic rings. The summed E-state index contributed by atoms with van der Waals surface area (Å²) in [5, 5.41) is 8.59. The number of benzene rings is 6. The van der Waals surface area contributed by atoms with E-state index in [0.29, 0.717) is 95.2 Å². The molecule has 6 heterocycles. The van der Waals surface area contributed by atoms with Gasteiger partial charge >= 0.3 is 0 Å². The highest BCUT2D eigenvalue weighted by molar-refractivity contribution is 6.32. The molecule has 15 rings (SSSR count). The molecule has 0 saturated carbocycles. The predicted molar refractivity (Wildman–Crippen MR) is 502 cm³/mol. The lowest BCUT2D eigenvalue weighted by molar-refractivity contribution is -0.138. The molecule has 15 nitrogen and oxygen atoms in total. The van der Waals surface area contributed by atoms with Crippen LogP contribution in [0.3, 0.4) is 0 Å². The van der Waals surface area contributed by atoms with Crippen LogP contribution < -0.4 is 10.6 Å². The van der Waals surface area contributed by atoms with Crippen molar-refractivity contribution in [1.82, 2.24) is 44.9 Å². The van der Waals surface area contributed by atoms with E-state index in [1.165, 1.54) is 69.8 Å². The second kappa shape index (κ2) is 35.7. The Bertz CT molecular complexity index is 5120. The number of likely N-dealkylation sites (tertiary alicyclic amines) is 6. The molecule has 6 aromatic carbocycles. The number of piperidine rings is 3. The lowest BCUT2D eigenvalue weighted by Crippen LogP contribution is -2.57. The largest absolute Gasteiger partial charge is 0.351 e. The van der Waals surface area contributed by atoms with Gasteiger partial charge < -0.3 is 30.2 Å². The molecule has 0 bridgehead atoms. The smallest absolute Gasteiger partial charge is 0.227 e. The van der Waals surface area contributed by atoms with Crippen molar-refractivity contribution in [3.05, 3.63) is 208 Å². The van der Waals surface area contributed by atoms with Crippen LogP contribution >= 0.6 is 34.8 Å². The van der Waals surface area contributed by atoms with E-state index in [-0.39, 0.29) is 103 Å². The Labute approximate surface area is 777 Å². The highest BCUT2D eigenvalue weighted by atomic mass is 35.5. The number of carbonyl (C=O) groups is 6. The number of fused-ring (bicyclic) bond motifs is 6. The van der Waals surface area contributed by atoms with Crippen molar-refractivity contribution in [2.45, 2.75) is 301 Å². The average molecular weight is 1840 g/mol. The molecule has 0 radical (unpaired) electrons. The molecular weight excluding hydrogens is 1700 g/mol. The fourth-order valence-corrected chi connectivity index (χ4v) is 24.7. The highest BCUT2D eigenvalue weighted by Crippen LogP contribution is 2.63. The van der Waals surface area contributed by atoms with Crippen LogP contribution in [0.2, 0.25) is 15.1 Å². The van der Waals surface area contributed by atoms with Crippen molar-refractivity contribution in [1.29, 1.82) is 0 Å². The van der Waals surface area contributed by atoms with E-state index in [0.717, 1.165) is 108 Å².